The van der Waals surface area contributed by atoms with Crippen molar-refractivity contribution in [3.8, 4) is 17.2 Å². The SMILES string of the molecule is COc1ccccc1OCCCn1c(CCNC(=O)c2ccccc2OC)nc2ccccc21. The average Bonchev–Trinajstić information content (AvgIpc) is 3.23. The van der Waals surface area contributed by atoms with Crippen LogP contribution >= 0.6 is 0 Å². The monoisotopic (exact) mass is 459 g/mol. The third kappa shape index (κ3) is 5.31. The van der Waals surface area contributed by atoms with Gasteiger partial charge in [-0.3, -0.25) is 4.79 Å². The lowest BCUT2D eigenvalue weighted by Gasteiger charge is -2.13. The zero-order valence-electron chi connectivity index (χ0n) is 19.5. The lowest BCUT2D eigenvalue weighted by atomic mass is 10.2. The van der Waals surface area contributed by atoms with Gasteiger partial charge in [0.2, 0.25) is 0 Å². The van der Waals surface area contributed by atoms with Crippen LogP contribution in [-0.4, -0.2) is 42.8 Å². The molecule has 4 aromatic rings. The number of aromatic nitrogens is 2. The number of ether oxygens (including phenoxy) is 3. The summed E-state index contributed by atoms with van der Waals surface area (Å²) in [5.41, 5.74) is 2.54. The van der Waals surface area contributed by atoms with Crippen LogP contribution in [0.15, 0.2) is 72.8 Å². The average molecular weight is 460 g/mol. The van der Waals surface area contributed by atoms with Gasteiger partial charge in [-0.1, -0.05) is 36.4 Å². The summed E-state index contributed by atoms with van der Waals surface area (Å²) in [6.07, 6.45) is 1.42. The number of hydrogen-bond acceptors (Lipinski definition) is 5. The van der Waals surface area contributed by atoms with Gasteiger partial charge in [-0.25, -0.2) is 4.98 Å². The number of amides is 1. The maximum absolute atomic E-state index is 12.6. The van der Waals surface area contributed by atoms with E-state index in [-0.39, 0.29) is 5.91 Å². The predicted molar refractivity (Wildman–Crippen MR) is 132 cm³/mol. The highest BCUT2D eigenvalue weighted by molar-refractivity contribution is 5.96. The van der Waals surface area contributed by atoms with E-state index in [0.29, 0.717) is 30.9 Å². The lowest BCUT2D eigenvalue weighted by molar-refractivity contribution is 0.0951. The van der Waals surface area contributed by atoms with Crippen LogP contribution < -0.4 is 19.5 Å². The Morgan fingerprint density at radius 3 is 2.35 bits per heavy atom. The van der Waals surface area contributed by atoms with Gasteiger partial charge in [-0.15, -0.1) is 0 Å². The first kappa shape index (κ1) is 23.2. The number of rotatable bonds is 11. The van der Waals surface area contributed by atoms with Crippen molar-refractivity contribution in [2.24, 2.45) is 0 Å². The van der Waals surface area contributed by atoms with Crippen LogP contribution in [0.3, 0.4) is 0 Å². The number of carbonyl (C=O) groups excluding carboxylic acids is 1. The van der Waals surface area contributed by atoms with Gasteiger partial charge in [0.05, 0.1) is 37.4 Å². The topological polar surface area (TPSA) is 74.6 Å². The molecule has 0 radical (unpaired) electrons. The molecule has 0 saturated carbocycles. The van der Waals surface area contributed by atoms with Crippen molar-refractivity contribution in [2.45, 2.75) is 19.4 Å². The molecule has 34 heavy (non-hydrogen) atoms. The minimum absolute atomic E-state index is 0.162. The summed E-state index contributed by atoms with van der Waals surface area (Å²) in [6, 6.07) is 22.9. The van der Waals surface area contributed by atoms with E-state index < -0.39 is 0 Å². The smallest absolute Gasteiger partial charge is 0.255 e. The van der Waals surface area contributed by atoms with Crippen molar-refractivity contribution in [3.05, 3.63) is 84.2 Å². The molecule has 4 rings (SSSR count). The van der Waals surface area contributed by atoms with Gasteiger partial charge in [-0.2, -0.15) is 0 Å². The highest BCUT2D eigenvalue weighted by Gasteiger charge is 2.14. The number of nitrogens with zero attached hydrogens (tertiary/aromatic N) is 2. The second-order valence-electron chi connectivity index (χ2n) is 7.73. The minimum atomic E-state index is -0.162. The molecule has 3 aromatic carbocycles. The quantitative estimate of drug-likeness (QED) is 0.335. The van der Waals surface area contributed by atoms with Crippen molar-refractivity contribution >= 4 is 16.9 Å². The number of fused-ring (bicyclic) bond motifs is 1. The van der Waals surface area contributed by atoms with Crippen molar-refractivity contribution < 1.29 is 19.0 Å². The number of aryl methyl sites for hydroxylation is 1. The van der Waals surface area contributed by atoms with E-state index in [1.54, 1.807) is 26.4 Å². The van der Waals surface area contributed by atoms with Gasteiger partial charge < -0.3 is 24.1 Å². The van der Waals surface area contributed by atoms with Crippen molar-refractivity contribution in [1.82, 2.24) is 14.9 Å². The molecule has 0 atom stereocenters. The second kappa shape index (κ2) is 11.2. The molecule has 0 aliphatic rings. The summed E-state index contributed by atoms with van der Waals surface area (Å²) in [6.45, 7) is 1.78. The number of benzene rings is 3. The molecule has 7 nitrogen and oxygen atoms in total. The number of para-hydroxylation sites is 5. The molecule has 1 heterocycles. The Morgan fingerprint density at radius 2 is 1.56 bits per heavy atom. The molecule has 1 amide bonds. The molecule has 0 spiro atoms. The zero-order valence-corrected chi connectivity index (χ0v) is 19.5. The third-order valence-corrected chi connectivity index (χ3v) is 5.57. The van der Waals surface area contributed by atoms with E-state index in [4.69, 9.17) is 19.2 Å². The zero-order chi connectivity index (χ0) is 23.8. The van der Waals surface area contributed by atoms with E-state index in [1.807, 2.05) is 54.6 Å². The summed E-state index contributed by atoms with van der Waals surface area (Å²) < 4.78 is 18.8. The fourth-order valence-corrected chi connectivity index (χ4v) is 3.92. The molecule has 0 saturated heterocycles. The molecule has 0 fully saturated rings. The molecule has 176 valence electrons. The summed E-state index contributed by atoms with van der Waals surface area (Å²) in [7, 11) is 3.20. The highest BCUT2D eigenvalue weighted by atomic mass is 16.5. The molecule has 0 aliphatic heterocycles. The van der Waals surface area contributed by atoms with Crippen LogP contribution in [0.4, 0.5) is 0 Å². The standard InChI is InChI=1S/C27H29N3O4/c1-32-23-13-6-3-10-20(23)27(31)28-17-16-26-29-21-11-4-5-12-22(21)30(26)18-9-19-34-25-15-8-7-14-24(25)33-2/h3-8,10-15H,9,16-19H2,1-2H3,(H,28,31). The van der Waals surface area contributed by atoms with Crippen LogP contribution in [0.2, 0.25) is 0 Å². The van der Waals surface area contributed by atoms with Gasteiger partial charge in [-0.05, 0) is 42.8 Å². The second-order valence-corrected chi connectivity index (χ2v) is 7.73. The molecular weight excluding hydrogens is 430 g/mol. The predicted octanol–water partition coefficient (Wildman–Crippen LogP) is 4.50. The van der Waals surface area contributed by atoms with Gasteiger partial charge >= 0.3 is 0 Å². The normalized spacial score (nSPS) is 10.8. The Bertz CT molecular complexity index is 1250. The fourth-order valence-electron chi connectivity index (χ4n) is 3.92. The van der Waals surface area contributed by atoms with Crippen LogP contribution in [-0.2, 0) is 13.0 Å². The molecule has 0 unspecified atom stereocenters. The van der Waals surface area contributed by atoms with Crippen molar-refractivity contribution in [3.63, 3.8) is 0 Å². The Labute approximate surface area is 199 Å². The maximum Gasteiger partial charge on any atom is 0.255 e. The summed E-state index contributed by atoms with van der Waals surface area (Å²) in [5.74, 6) is 2.79. The van der Waals surface area contributed by atoms with Gasteiger partial charge in [0.1, 0.15) is 11.6 Å². The maximum atomic E-state index is 12.6. The third-order valence-electron chi connectivity index (χ3n) is 5.57. The molecule has 0 bridgehead atoms. The van der Waals surface area contributed by atoms with E-state index in [2.05, 4.69) is 16.0 Å². The van der Waals surface area contributed by atoms with E-state index in [1.165, 1.54) is 0 Å². The first-order valence-corrected chi connectivity index (χ1v) is 11.3. The number of imidazole rings is 1. The summed E-state index contributed by atoms with van der Waals surface area (Å²) >= 11 is 0. The van der Waals surface area contributed by atoms with Gasteiger partial charge in [0.15, 0.2) is 11.5 Å². The summed E-state index contributed by atoms with van der Waals surface area (Å²) in [4.78, 5) is 17.4. The minimum Gasteiger partial charge on any atom is -0.496 e. The Balaban J connectivity index is 1.39. The molecule has 0 aliphatic carbocycles. The first-order chi connectivity index (χ1) is 16.7. The number of carbonyl (C=O) groups is 1. The fraction of sp³-hybridized carbons (Fsp3) is 0.259. The largest absolute Gasteiger partial charge is 0.496 e. The Morgan fingerprint density at radius 1 is 0.882 bits per heavy atom. The molecule has 7 heteroatoms. The first-order valence-electron chi connectivity index (χ1n) is 11.3. The Kier molecular flexibility index (Phi) is 7.65. The summed E-state index contributed by atoms with van der Waals surface area (Å²) in [5, 5.41) is 2.98. The van der Waals surface area contributed by atoms with Crippen molar-refractivity contribution in [1.29, 1.82) is 0 Å². The number of methoxy groups -OCH3 is 2. The van der Waals surface area contributed by atoms with Gasteiger partial charge in [0.25, 0.3) is 5.91 Å². The Hall–Kier alpha value is -4.00. The van der Waals surface area contributed by atoms with Crippen LogP contribution in [0, 0.1) is 0 Å². The number of nitrogens with one attached hydrogen (secondary N) is 1. The van der Waals surface area contributed by atoms with Crippen molar-refractivity contribution in [2.75, 3.05) is 27.4 Å². The van der Waals surface area contributed by atoms with E-state index >= 15 is 0 Å². The lowest BCUT2D eigenvalue weighted by Crippen LogP contribution is -2.27. The van der Waals surface area contributed by atoms with Crippen LogP contribution in [0.5, 0.6) is 17.2 Å². The van der Waals surface area contributed by atoms with E-state index in [0.717, 1.165) is 41.3 Å². The molecule has 1 aromatic heterocycles. The van der Waals surface area contributed by atoms with Crippen LogP contribution in [0.25, 0.3) is 11.0 Å². The molecular formula is C27H29N3O4. The van der Waals surface area contributed by atoms with Gasteiger partial charge in [0, 0.05) is 19.5 Å². The molecule has 1 N–H and O–H groups in total. The van der Waals surface area contributed by atoms with Crippen LogP contribution in [0.1, 0.15) is 22.6 Å². The highest BCUT2D eigenvalue weighted by Crippen LogP contribution is 2.26. The number of hydrogen-bond donors (Lipinski definition) is 1. The van der Waals surface area contributed by atoms with E-state index in [9.17, 15) is 4.79 Å².